The SMILES string of the molecule is CN(C)C(=O)[C@@H]1CCCN1Cc1cccc2c1OCCO2. The minimum Gasteiger partial charge on any atom is -0.486 e. The van der Waals surface area contributed by atoms with Crippen LogP contribution in [0.15, 0.2) is 18.2 Å². The van der Waals surface area contributed by atoms with Crippen LogP contribution in [0.5, 0.6) is 11.5 Å². The first-order chi connectivity index (χ1) is 10.2. The molecule has 1 aromatic carbocycles. The van der Waals surface area contributed by atoms with Gasteiger partial charge in [-0.1, -0.05) is 12.1 Å². The fourth-order valence-corrected chi connectivity index (χ4v) is 3.07. The first kappa shape index (κ1) is 14.2. The Morgan fingerprint density at radius 2 is 2.14 bits per heavy atom. The number of likely N-dealkylation sites (tertiary alicyclic amines) is 1. The quantitative estimate of drug-likeness (QED) is 0.846. The second-order valence-electron chi connectivity index (χ2n) is 5.80. The molecular weight excluding hydrogens is 268 g/mol. The number of rotatable bonds is 3. The summed E-state index contributed by atoms with van der Waals surface area (Å²) >= 11 is 0. The lowest BCUT2D eigenvalue weighted by Crippen LogP contribution is -2.42. The molecular formula is C16H22N2O3. The highest BCUT2D eigenvalue weighted by Crippen LogP contribution is 2.35. The van der Waals surface area contributed by atoms with Gasteiger partial charge in [0, 0.05) is 26.2 Å². The second-order valence-corrected chi connectivity index (χ2v) is 5.80. The monoisotopic (exact) mass is 290 g/mol. The highest BCUT2D eigenvalue weighted by molar-refractivity contribution is 5.81. The number of carbonyl (C=O) groups excluding carboxylic acids is 1. The zero-order chi connectivity index (χ0) is 14.8. The van der Waals surface area contributed by atoms with Crippen molar-refractivity contribution in [3.8, 4) is 11.5 Å². The Balaban J connectivity index is 1.78. The molecule has 0 unspecified atom stereocenters. The van der Waals surface area contributed by atoms with Gasteiger partial charge in [0.05, 0.1) is 6.04 Å². The van der Waals surface area contributed by atoms with Gasteiger partial charge in [-0.15, -0.1) is 0 Å². The van der Waals surface area contributed by atoms with Crippen LogP contribution < -0.4 is 9.47 Å². The van der Waals surface area contributed by atoms with Gasteiger partial charge < -0.3 is 14.4 Å². The van der Waals surface area contributed by atoms with Crippen molar-refractivity contribution in [2.45, 2.75) is 25.4 Å². The Hall–Kier alpha value is -1.75. The number of likely N-dealkylation sites (N-methyl/N-ethyl adjacent to an activating group) is 1. The summed E-state index contributed by atoms with van der Waals surface area (Å²) in [5, 5.41) is 0. The lowest BCUT2D eigenvalue weighted by molar-refractivity contribution is -0.133. The van der Waals surface area contributed by atoms with E-state index in [1.165, 1.54) is 0 Å². The van der Waals surface area contributed by atoms with Crippen molar-refractivity contribution in [1.29, 1.82) is 0 Å². The van der Waals surface area contributed by atoms with Gasteiger partial charge in [-0.2, -0.15) is 0 Å². The molecule has 1 aromatic rings. The third-order valence-corrected chi connectivity index (χ3v) is 4.11. The van der Waals surface area contributed by atoms with E-state index < -0.39 is 0 Å². The summed E-state index contributed by atoms with van der Waals surface area (Å²) < 4.78 is 11.4. The average molecular weight is 290 g/mol. The Bertz CT molecular complexity index is 530. The van der Waals surface area contributed by atoms with Gasteiger partial charge in [-0.05, 0) is 25.5 Å². The molecule has 2 aliphatic heterocycles. The summed E-state index contributed by atoms with van der Waals surface area (Å²) in [5.74, 6) is 1.84. The van der Waals surface area contributed by atoms with Gasteiger partial charge in [-0.25, -0.2) is 0 Å². The van der Waals surface area contributed by atoms with Gasteiger partial charge in [-0.3, -0.25) is 9.69 Å². The Kier molecular flexibility index (Phi) is 4.01. The van der Waals surface area contributed by atoms with Crippen LogP contribution in [0, 0.1) is 0 Å². The van der Waals surface area contributed by atoms with Gasteiger partial charge in [0.15, 0.2) is 11.5 Å². The first-order valence-electron chi connectivity index (χ1n) is 7.49. The molecule has 0 aliphatic carbocycles. The zero-order valence-corrected chi connectivity index (χ0v) is 12.7. The molecule has 5 nitrogen and oxygen atoms in total. The van der Waals surface area contributed by atoms with Crippen LogP contribution in [0.25, 0.3) is 0 Å². The maximum Gasteiger partial charge on any atom is 0.239 e. The molecule has 0 aromatic heterocycles. The molecule has 0 spiro atoms. The van der Waals surface area contributed by atoms with E-state index in [0.29, 0.717) is 13.2 Å². The summed E-state index contributed by atoms with van der Waals surface area (Å²) in [5.41, 5.74) is 1.10. The Labute approximate surface area is 125 Å². The molecule has 2 aliphatic rings. The fraction of sp³-hybridized carbons (Fsp3) is 0.562. The minimum atomic E-state index is -0.0136. The molecule has 21 heavy (non-hydrogen) atoms. The number of amides is 1. The van der Waals surface area contributed by atoms with Gasteiger partial charge in [0.1, 0.15) is 13.2 Å². The highest BCUT2D eigenvalue weighted by Gasteiger charge is 2.32. The maximum atomic E-state index is 12.3. The molecule has 0 N–H and O–H groups in total. The van der Waals surface area contributed by atoms with E-state index in [9.17, 15) is 4.79 Å². The number of nitrogens with zero attached hydrogens (tertiary/aromatic N) is 2. The van der Waals surface area contributed by atoms with E-state index in [2.05, 4.69) is 11.0 Å². The van der Waals surface area contributed by atoms with E-state index >= 15 is 0 Å². The molecule has 1 amide bonds. The smallest absolute Gasteiger partial charge is 0.239 e. The van der Waals surface area contributed by atoms with Crippen molar-refractivity contribution in [3.63, 3.8) is 0 Å². The van der Waals surface area contributed by atoms with Gasteiger partial charge in [0.2, 0.25) is 5.91 Å². The van der Waals surface area contributed by atoms with Crippen molar-refractivity contribution >= 4 is 5.91 Å². The zero-order valence-electron chi connectivity index (χ0n) is 12.7. The third-order valence-electron chi connectivity index (χ3n) is 4.11. The van der Waals surface area contributed by atoms with Crippen LogP contribution in [0.3, 0.4) is 0 Å². The summed E-state index contributed by atoms with van der Waals surface area (Å²) in [4.78, 5) is 16.2. The standard InChI is InChI=1S/C16H22N2O3/c1-17(2)16(19)13-6-4-8-18(13)11-12-5-3-7-14-15(12)21-10-9-20-14/h3,5,7,13H,4,6,8-11H2,1-2H3/t13-/m0/s1. The number of ether oxygens (including phenoxy) is 2. The van der Waals surface area contributed by atoms with Crippen LogP contribution >= 0.6 is 0 Å². The molecule has 3 rings (SSSR count). The van der Waals surface area contributed by atoms with E-state index in [4.69, 9.17) is 9.47 Å². The maximum absolute atomic E-state index is 12.3. The average Bonchev–Trinajstić information content (AvgIpc) is 2.95. The summed E-state index contributed by atoms with van der Waals surface area (Å²) in [7, 11) is 3.64. The normalized spacial score (nSPS) is 21.3. The molecule has 1 fully saturated rings. The summed E-state index contributed by atoms with van der Waals surface area (Å²) in [6.45, 7) is 2.87. The molecule has 0 saturated carbocycles. The van der Waals surface area contributed by atoms with Gasteiger partial charge >= 0.3 is 0 Å². The second kappa shape index (κ2) is 5.93. The van der Waals surface area contributed by atoms with Crippen molar-refractivity contribution in [2.24, 2.45) is 0 Å². The third kappa shape index (κ3) is 2.83. The van der Waals surface area contributed by atoms with Crippen LogP contribution in [-0.2, 0) is 11.3 Å². The fourth-order valence-electron chi connectivity index (χ4n) is 3.07. The highest BCUT2D eigenvalue weighted by atomic mass is 16.6. The number of benzene rings is 1. The van der Waals surface area contributed by atoms with Crippen LogP contribution in [-0.4, -0.2) is 55.6 Å². The minimum absolute atomic E-state index is 0.0136. The Morgan fingerprint density at radius 3 is 2.95 bits per heavy atom. The summed E-state index contributed by atoms with van der Waals surface area (Å²) in [6.07, 6.45) is 2.00. The van der Waals surface area contributed by atoms with Crippen molar-refractivity contribution < 1.29 is 14.3 Å². The number of para-hydroxylation sites is 1. The Morgan fingerprint density at radius 1 is 1.33 bits per heavy atom. The molecule has 0 bridgehead atoms. The molecule has 0 radical (unpaired) electrons. The predicted octanol–water partition coefficient (Wildman–Crippen LogP) is 1.51. The van der Waals surface area contributed by atoms with E-state index in [-0.39, 0.29) is 11.9 Å². The number of carbonyl (C=O) groups is 1. The van der Waals surface area contributed by atoms with E-state index in [1.54, 1.807) is 4.90 Å². The number of hydrogen-bond donors (Lipinski definition) is 0. The molecule has 114 valence electrons. The molecule has 1 atom stereocenters. The largest absolute Gasteiger partial charge is 0.486 e. The predicted molar refractivity (Wildman–Crippen MR) is 79.6 cm³/mol. The topological polar surface area (TPSA) is 42.0 Å². The summed E-state index contributed by atoms with van der Waals surface area (Å²) in [6, 6.07) is 5.97. The van der Waals surface area contributed by atoms with E-state index in [0.717, 1.165) is 43.0 Å². The van der Waals surface area contributed by atoms with Crippen molar-refractivity contribution in [1.82, 2.24) is 9.80 Å². The van der Waals surface area contributed by atoms with Crippen LogP contribution in [0.4, 0.5) is 0 Å². The molecule has 5 heteroatoms. The first-order valence-corrected chi connectivity index (χ1v) is 7.49. The van der Waals surface area contributed by atoms with Crippen LogP contribution in [0.2, 0.25) is 0 Å². The lowest BCUT2D eigenvalue weighted by Gasteiger charge is -2.28. The van der Waals surface area contributed by atoms with E-state index in [1.807, 2.05) is 26.2 Å². The van der Waals surface area contributed by atoms with Crippen molar-refractivity contribution in [3.05, 3.63) is 23.8 Å². The number of fused-ring (bicyclic) bond motifs is 1. The van der Waals surface area contributed by atoms with Gasteiger partial charge in [0.25, 0.3) is 0 Å². The van der Waals surface area contributed by atoms with Crippen LogP contribution in [0.1, 0.15) is 18.4 Å². The number of hydrogen-bond acceptors (Lipinski definition) is 4. The molecule has 2 heterocycles. The lowest BCUT2D eigenvalue weighted by atomic mass is 10.1. The molecule has 1 saturated heterocycles. The van der Waals surface area contributed by atoms with Crippen molar-refractivity contribution in [2.75, 3.05) is 33.9 Å².